The molecule has 1 atom stereocenters. The molecule has 0 radical (unpaired) electrons. The maximum atomic E-state index is 3.39. The van der Waals surface area contributed by atoms with Gasteiger partial charge in [-0.05, 0) is 59.8 Å². The normalized spacial score (nSPS) is 12.4. The zero-order chi connectivity index (χ0) is 12.3. The molecule has 0 saturated carbocycles. The van der Waals surface area contributed by atoms with Gasteiger partial charge in [-0.1, -0.05) is 42.0 Å². The van der Waals surface area contributed by atoms with Crippen LogP contribution in [0.1, 0.15) is 22.7 Å². The highest BCUT2D eigenvalue weighted by molar-refractivity contribution is 14.1. The molecule has 1 nitrogen and oxygen atoms in total. The van der Waals surface area contributed by atoms with E-state index < -0.39 is 0 Å². The topological polar surface area (TPSA) is 12.0 Å². The number of aryl methyl sites for hydroxylation is 1. The standard InChI is InChI=1S/C15H16IN/c1-11-5-3-6-12(9-11)15(17-2)13-7-4-8-14(16)10-13/h3-10,15,17H,1-2H3. The van der Waals surface area contributed by atoms with E-state index in [9.17, 15) is 0 Å². The third-order valence-corrected chi connectivity index (χ3v) is 3.52. The van der Waals surface area contributed by atoms with Gasteiger partial charge in [-0.3, -0.25) is 0 Å². The molecule has 1 N–H and O–H groups in total. The molecule has 2 heteroatoms. The third-order valence-electron chi connectivity index (χ3n) is 2.85. The Bertz CT molecular complexity index is 462. The van der Waals surface area contributed by atoms with Gasteiger partial charge >= 0.3 is 0 Å². The number of nitrogens with one attached hydrogen (secondary N) is 1. The van der Waals surface area contributed by atoms with E-state index in [-0.39, 0.29) is 6.04 Å². The molecule has 0 fully saturated rings. The highest BCUT2D eigenvalue weighted by Gasteiger charge is 2.11. The Morgan fingerprint density at radius 2 is 1.65 bits per heavy atom. The maximum absolute atomic E-state index is 3.39. The summed E-state index contributed by atoms with van der Waals surface area (Å²) in [5.74, 6) is 0. The van der Waals surface area contributed by atoms with Crippen LogP contribution in [-0.4, -0.2) is 7.05 Å². The van der Waals surface area contributed by atoms with E-state index in [1.54, 1.807) is 0 Å². The molecule has 88 valence electrons. The minimum atomic E-state index is 0.268. The van der Waals surface area contributed by atoms with Crippen molar-refractivity contribution < 1.29 is 0 Å². The molecule has 0 aliphatic heterocycles. The fourth-order valence-electron chi connectivity index (χ4n) is 2.06. The predicted octanol–water partition coefficient (Wildman–Crippen LogP) is 3.91. The minimum Gasteiger partial charge on any atom is -0.309 e. The molecular weight excluding hydrogens is 321 g/mol. The number of benzene rings is 2. The van der Waals surface area contributed by atoms with Gasteiger partial charge in [0.1, 0.15) is 0 Å². The van der Waals surface area contributed by atoms with Crippen molar-refractivity contribution in [3.8, 4) is 0 Å². The van der Waals surface area contributed by atoms with Gasteiger partial charge in [0.15, 0.2) is 0 Å². The average Bonchev–Trinajstić information content (AvgIpc) is 2.30. The zero-order valence-electron chi connectivity index (χ0n) is 10.1. The highest BCUT2D eigenvalue weighted by Crippen LogP contribution is 2.23. The molecule has 2 rings (SSSR count). The lowest BCUT2D eigenvalue weighted by atomic mass is 9.98. The Morgan fingerprint density at radius 3 is 2.24 bits per heavy atom. The summed E-state index contributed by atoms with van der Waals surface area (Å²) in [4.78, 5) is 0. The van der Waals surface area contributed by atoms with Crippen molar-refractivity contribution in [2.75, 3.05) is 7.05 Å². The van der Waals surface area contributed by atoms with E-state index in [1.807, 2.05) is 7.05 Å². The van der Waals surface area contributed by atoms with Gasteiger partial charge < -0.3 is 5.32 Å². The second-order valence-corrected chi connectivity index (χ2v) is 5.44. The van der Waals surface area contributed by atoms with Crippen LogP contribution in [0.15, 0.2) is 48.5 Å². The lowest BCUT2D eigenvalue weighted by molar-refractivity contribution is 0.691. The molecule has 0 saturated heterocycles. The molecule has 0 spiro atoms. The van der Waals surface area contributed by atoms with Crippen LogP contribution in [0.5, 0.6) is 0 Å². The van der Waals surface area contributed by atoms with Crippen molar-refractivity contribution in [2.24, 2.45) is 0 Å². The lowest BCUT2D eigenvalue weighted by Gasteiger charge is -2.18. The molecule has 2 aromatic carbocycles. The molecular formula is C15H16IN. The Labute approximate surface area is 116 Å². The molecule has 0 amide bonds. The molecule has 17 heavy (non-hydrogen) atoms. The van der Waals surface area contributed by atoms with Crippen LogP contribution in [-0.2, 0) is 0 Å². The fourth-order valence-corrected chi connectivity index (χ4v) is 2.63. The quantitative estimate of drug-likeness (QED) is 0.838. The van der Waals surface area contributed by atoms with Gasteiger partial charge in [0, 0.05) is 3.57 Å². The largest absolute Gasteiger partial charge is 0.309 e. The second kappa shape index (κ2) is 5.65. The summed E-state index contributed by atoms with van der Waals surface area (Å²) < 4.78 is 1.27. The highest BCUT2D eigenvalue weighted by atomic mass is 127. The maximum Gasteiger partial charge on any atom is 0.0574 e. The Kier molecular flexibility index (Phi) is 4.18. The first kappa shape index (κ1) is 12.6. The number of rotatable bonds is 3. The number of hydrogen-bond donors (Lipinski definition) is 1. The van der Waals surface area contributed by atoms with Gasteiger partial charge in [-0.2, -0.15) is 0 Å². The summed E-state index contributed by atoms with van der Waals surface area (Å²) in [5, 5.41) is 3.39. The molecule has 0 aromatic heterocycles. The van der Waals surface area contributed by atoms with Gasteiger partial charge in [0.05, 0.1) is 6.04 Å². The molecule has 1 unspecified atom stereocenters. The van der Waals surface area contributed by atoms with Crippen molar-refractivity contribution in [1.29, 1.82) is 0 Å². The van der Waals surface area contributed by atoms with E-state index in [0.29, 0.717) is 0 Å². The molecule has 0 heterocycles. The Hall–Kier alpha value is -0.870. The van der Waals surface area contributed by atoms with Crippen molar-refractivity contribution in [3.63, 3.8) is 0 Å². The van der Waals surface area contributed by atoms with E-state index in [4.69, 9.17) is 0 Å². The fraction of sp³-hybridized carbons (Fsp3) is 0.200. The summed E-state index contributed by atoms with van der Waals surface area (Å²) in [7, 11) is 2.01. The summed E-state index contributed by atoms with van der Waals surface area (Å²) in [6, 6.07) is 17.5. The predicted molar refractivity (Wildman–Crippen MR) is 81.2 cm³/mol. The van der Waals surface area contributed by atoms with Gasteiger partial charge in [-0.25, -0.2) is 0 Å². The lowest BCUT2D eigenvalue weighted by Crippen LogP contribution is -2.17. The third kappa shape index (κ3) is 3.07. The van der Waals surface area contributed by atoms with E-state index in [1.165, 1.54) is 20.3 Å². The zero-order valence-corrected chi connectivity index (χ0v) is 12.2. The number of hydrogen-bond acceptors (Lipinski definition) is 1. The smallest absolute Gasteiger partial charge is 0.0574 e. The SMILES string of the molecule is CNC(c1cccc(C)c1)c1cccc(I)c1. The van der Waals surface area contributed by atoms with Crippen molar-refractivity contribution >= 4 is 22.6 Å². The number of halogens is 1. The van der Waals surface area contributed by atoms with Crippen LogP contribution in [0, 0.1) is 10.5 Å². The van der Waals surface area contributed by atoms with Crippen molar-refractivity contribution in [2.45, 2.75) is 13.0 Å². The van der Waals surface area contributed by atoms with Crippen LogP contribution in [0.25, 0.3) is 0 Å². The van der Waals surface area contributed by atoms with Crippen LogP contribution >= 0.6 is 22.6 Å². The Balaban J connectivity index is 2.40. The van der Waals surface area contributed by atoms with Crippen LogP contribution < -0.4 is 5.32 Å². The van der Waals surface area contributed by atoms with Gasteiger partial charge in [-0.15, -0.1) is 0 Å². The van der Waals surface area contributed by atoms with E-state index in [2.05, 4.69) is 83.4 Å². The monoisotopic (exact) mass is 337 g/mol. The minimum absolute atomic E-state index is 0.268. The van der Waals surface area contributed by atoms with Crippen molar-refractivity contribution in [3.05, 3.63) is 68.8 Å². The molecule has 0 bridgehead atoms. The van der Waals surface area contributed by atoms with E-state index >= 15 is 0 Å². The summed E-state index contributed by atoms with van der Waals surface area (Å²) >= 11 is 2.35. The van der Waals surface area contributed by atoms with Gasteiger partial charge in [0.25, 0.3) is 0 Å². The van der Waals surface area contributed by atoms with Crippen LogP contribution in [0.3, 0.4) is 0 Å². The van der Waals surface area contributed by atoms with Crippen LogP contribution in [0.2, 0.25) is 0 Å². The summed E-state index contributed by atoms with van der Waals surface area (Å²) in [6.07, 6.45) is 0. The molecule has 0 aliphatic carbocycles. The Morgan fingerprint density at radius 1 is 1.00 bits per heavy atom. The average molecular weight is 337 g/mol. The molecule has 2 aromatic rings. The van der Waals surface area contributed by atoms with E-state index in [0.717, 1.165) is 0 Å². The second-order valence-electron chi connectivity index (χ2n) is 4.19. The first-order valence-corrected chi connectivity index (χ1v) is 6.78. The first-order chi connectivity index (χ1) is 8.20. The van der Waals surface area contributed by atoms with Gasteiger partial charge in [0.2, 0.25) is 0 Å². The van der Waals surface area contributed by atoms with Crippen LogP contribution in [0.4, 0.5) is 0 Å². The van der Waals surface area contributed by atoms with Crippen molar-refractivity contribution in [1.82, 2.24) is 5.32 Å². The summed E-state index contributed by atoms with van der Waals surface area (Å²) in [6.45, 7) is 2.13. The molecule has 0 aliphatic rings. The summed E-state index contributed by atoms with van der Waals surface area (Å²) in [5.41, 5.74) is 3.92. The first-order valence-electron chi connectivity index (χ1n) is 5.70.